The van der Waals surface area contributed by atoms with E-state index in [2.05, 4.69) is 49.4 Å². The second-order valence-electron chi connectivity index (χ2n) is 6.57. The van der Waals surface area contributed by atoms with E-state index < -0.39 is 0 Å². The Morgan fingerprint density at radius 3 is 2.62 bits per heavy atom. The number of hydrogen-bond donors (Lipinski definition) is 1. The molecule has 3 rings (SSSR count). The molecule has 0 aliphatic heterocycles. The van der Waals surface area contributed by atoms with Crippen molar-refractivity contribution in [2.75, 3.05) is 0 Å². The van der Waals surface area contributed by atoms with E-state index in [-0.39, 0.29) is 6.10 Å². The van der Waals surface area contributed by atoms with Crippen LogP contribution >= 0.6 is 0 Å². The van der Waals surface area contributed by atoms with Gasteiger partial charge in [0.25, 0.3) is 0 Å². The second-order valence-corrected chi connectivity index (χ2v) is 6.57. The van der Waals surface area contributed by atoms with Gasteiger partial charge in [-0.15, -0.1) is 0 Å². The van der Waals surface area contributed by atoms with Crippen LogP contribution in [0.3, 0.4) is 0 Å². The van der Waals surface area contributed by atoms with Gasteiger partial charge in [0.15, 0.2) is 0 Å². The Labute approximate surface area is 128 Å². The zero-order valence-electron chi connectivity index (χ0n) is 13.0. The first kappa shape index (κ1) is 14.6. The Kier molecular flexibility index (Phi) is 4.60. The maximum absolute atomic E-state index is 10.7. The smallest absolute Gasteiger partial charge is 0.0611 e. The Morgan fingerprint density at radius 1 is 1.05 bits per heavy atom. The molecule has 0 amide bonds. The predicted molar refractivity (Wildman–Crippen MR) is 89.4 cm³/mol. The maximum Gasteiger partial charge on any atom is 0.0611 e. The van der Waals surface area contributed by atoms with Gasteiger partial charge in [-0.05, 0) is 41.0 Å². The highest BCUT2D eigenvalue weighted by Gasteiger charge is 2.29. The molecule has 1 nitrogen and oxygen atoms in total. The highest BCUT2D eigenvalue weighted by Crippen LogP contribution is 2.35. The third-order valence-electron chi connectivity index (χ3n) is 5.25. The number of hydrogen-bond acceptors (Lipinski definition) is 1. The molecule has 1 N–H and O–H groups in total. The van der Waals surface area contributed by atoms with Crippen LogP contribution in [0.15, 0.2) is 42.5 Å². The fourth-order valence-electron chi connectivity index (χ4n) is 4.01. The minimum absolute atomic E-state index is 0.184. The van der Waals surface area contributed by atoms with Gasteiger partial charge in [-0.3, -0.25) is 0 Å². The average molecular weight is 282 g/mol. The van der Waals surface area contributed by atoms with Crippen molar-refractivity contribution in [1.29, 1.82) is 0 Å². The third-order valence-corrected chi connectivity index (χ3v) is 5.25. The van der Waals surface area contributed by atoms with Crippen LogP contribution in [0.4, 0.5) is 0 Å². The summed E-state index contributed by atoms with van der Waals surface area (Å²) in [7, 11) is 0. The van der Waals surface area contributed by atoms with Gasteiger partial charge in [-0.2, -0.15) is 0 Å². The standard InChI is InChI=1S/C20H26O/c1-2-16-7-5-6-10-19(16)20(21)14-15-11-12-17-8-3-4-9-18(17)13-15/h3-4,8-9,11-13,16,19-21H,2,5-7,10,14H2,1H3. The van der Waals surface area contributed by atoms with Crippen molar-refractivity contribution in [3.8, 4) is 0 Å². The van der Waals surface area contributed by atoms with Gasteiger partial charge in [-0.25, -0.2) is 0 Å². The van der Waals surface area contributed by atoms with Crippen LogP contribution < -0.4 is 0 Å². The second kappa shape index (κ2) is 6.62. The van der Waals surface area contributed by atoms with E-state index in [0.29, 0.717) is 11.8 Å². The molecule has 1 aliphatic carbocycles. The SMILES string of the molecule is CCC1CCCCC1C(O)Cc1ccc2ccccc2c1. The molecule has 0 heterocycles. The molecule has 1 fully saturated rings. The molecule has 1 aliphatic rings. The predicted octanol–water partition coefficient (Wildman–Crippen LogP) is 4.96. The van der Waals surface area contributed by atoms with E-state index in [0.717, 1.165) is 6.42 Å². The van der Waals surface area contributed by atoms with Crippen LogP contribution in [0.2, 0.25) is 0 Å². The summed E-state index contributed by atoms with van der Waals surface area (Å²) < 4.78 is 0. The molecule has 2 aromatic carbocycles. The van der Waals surface area contributed by atoms with Gasteiger partial charge in [-0.1, -0.05) is 75.1 Å². The van der Waals surface area contributed by atoms with Gasteiger partial charge in [0.05, 0.1) is 6.10 Å². The number of aliphatic hydroxyl groups excluding tert-OH is 1. The molecule has 0 spiro atoms. The third kappa shape index (κ3) is 3.29. The first-order chi connectivity index (χ1) is 10.3. The van der Waals surface area contributed by atoms with Crippen molar-refractivity contribution in [2.24, 2.45) is 11.8 Å². The van der Waals surface area contributed by atoms with Crippen LogP contribution in [0.1, 0.15) is 44.6 Å². The van der Waals surface area contributed by atoms with E-state index in [9.17, 15) is 5.11 Å². The fraction of sp³-hybridized carbons (Fsp3) is 0.500. The molecule has 3 unspecified atom stereocenters. The quantitative estimate of drug-likeness (QED) is 0.840. The molecule has 21 heavy (non-hydrogen) atoms. The normalized spacial score (nSPS) is 24.1. The molecule has 2 aromatic rings. The molecule has 0 bridgehead atoms. The number of fused-ring (bicyclic) bond motifs is 1. The highest BCUT2D eigenvalue weighted by molar-refractivity contribution is 5.82. The first-order valence-corrected chi connectivity index (χ1v) is 8.43. The lowest BCUT2D eigenvalue weighted by Crippen LogP contribution is -2.32. The van der Waals surface area contributed by atoms with Gasteiger partial charge in [0.2, 0.25) is 0 Å². The molecular weight excluding hydrogens is 256 g/mol. The number of rotatable bonds is 4. The molecular formula is C20H26O. The van der Waals surface area contributed by atoms with Crippen molar-refractivity contribution in [3.63, 3.8) is 0 Å². The van der Waals surface area contributed by atoms with Gasteiger partial charge < -0.3 is 5.11 Å². The van der Waals surface area contributed by atoms with E-state index in [1.165, 1.54) is 48.4 Å². The molecule has 0 radical (unpaired) electrons. The maximum atomic E-state index is 10.7. The molecule has 112 valence electrons. The van der Waals surface area contributed by atoms with Gasteiger partial charge in [0, 0.05) is 0 Å². The van der Waals surface area contributed by atoms with Crippen molar-refractivity contribution in [2.45, 2.75) is 51.6 Å². The minimum atomic E-state index is -0.184. The van der Waals surface area contributed by atoms with E-state index >= 15 is 0 Å². The zero-order valence-corrected chi connectivity index (χ0v) is 13.0. The Balaban J connectivity index is 1.74. The van der Waals surface area contributed by atoms with Gasteiger partial charge >= 0.3 is 0 Å². The molecule has 3 atom stereocenters. The molecule has 1 saturated carbocycles. The molecule has 0 aromatic heterocycles. The van der Waals surface area contributed by atoms with Crippen LogP contribution in [0.25, 0.3) is 10.8 Å². The molecule has 0 saturated heterocycles. The monoisotopic (exact) mass is 282 g/mol. The van der Waals surface area contributed by atoms with Crippen LogP contribution in [0, 0.1) is 11.8 Å². The Hall–Kier alpha value is -1.34. The van der Waals surface area contributed by atoms with E-state index in [1.54, 1.807) is 0 Å². The highest BCUT2D eigenvalue weighted by atomic mass is 16.3. The summed E-state index contributed by atoms with van der Waals surface area (Å²) in [6, 6.07) is 15.0. The summed E-state index contributed by atoms with van der Waals surface area (Å²) in [4.78, 5) is 0. The zero-order chi connectivity index (χ0) is 14.7. The Morgan fingerprint density at radius 2 is 1.81 bits per heavy atom. The largest absolute Gasteiger partial charge is 0.392 e. The molecule has 1 heteroatoms. The lowest BCUT2D eigenvalue weighted by Gasteiger charge is -2.34. The topological polar surface area (TPSA) is 20.2 Å². The van der Waals surface area contributed by atoms with Gasteiger partial charge in [0.1, 0.15) is 0 Å². The summed E-state index contributed by atoms with van der Waals surface area (Å²) in [5.74, 6) is 1.21. The summed E-state index contributed by atoms with van der Waals surface area (Å²) >= 11 is 0. The fourth-order valence-corrected chi connectivity index (χ4v) is 4.01. The number of aliphatic hydroxyl groups is 1. The van der Waals surface area contributed by atoms with E-state index in [4.69, 9.17) is 0 Å². The summed E-state index contributed by atoms with van der Waals surface area (Å²) in [6.07, 6.45) is 6.96. The Bertz CT molecular complexity index is 589. The van der Waals surface area contributed by atoms with Crippen molar-refractivity contribution in [1.82, 2.24) is 0 Å². The summed E-state index contributed by atoms with van der Waals surface area (Å²) in [6.45, 7) is 2.27. The summed E-state index contributed by atoms with van der Waals surface area (Å²) in [5, 5.41) is 13.3. The first-order valence-electron chi connectivity index (χ1n) is 8.43. The van der Waals surface area contributed by atoms with Crippen LogP contribution in [-0.4, -0.2) is 11.2 Å². The average Bonchev–Trinajstić information content (AvgIpc) is 2.54. The van der Waals surface area contributed by atoms with Crippen LogP contribution in [0.5, 0.6) is 0 Å². The van der Waals surface area contributed by atoms with Crippen LogP contribution in [-0.2, 0) is 6.42 Å². The lowest BCUT2D eigenvalue weighted by molar-refractivity contribution is 0.0465. The number of benzene rings is 2. The minimum Gasteiger partial charge on any atom is -0.392 e. The van der Waals surface area contributed by atoms with E-state index in [1.807, 2.05) is 0 Å². The van der Waals surface area contributed by atoms with Crippen molar-refractivity contribution >= 4 is 10.8 Å². The van der Waals surface area contributed by atoms with Crippen molar-refractivity contribution in [3.05, 3.63) is 48.0 Å². The van der Waals surface area contributed by atoms with Crippen molar-refractivity contribution < 1.29 is 5.11 Å². The summed E-state index contributed by atoms with van der Waals surface area (Å²) in [5.41, 5.74) is 1.27. The lowest BCUT2D eigenvalue weighted by atomic mass is 9.74.